The van der Waals surface area contributed by atoms with Gasteiger partial charge in [-0.1, -0.05) is 13.3 Å². The molecule has 0 rings (SSSR count). The maximum Gasteiger partial charge on any atom is 2.00 e. The van der Waals surface area contributed by atoms with Crippen molar-refractivity contribution in [3.8, 4) is 0 Å². The van der Waals surface area contributed by atoms with Gasteiger partial charge in [-0.05, 0) is 13.1 Å². The molecule has 78 valence electrons. The van der Waals surface area contributed by atoms with Crippen molar-refractivity contribution in [2.24, 2.45) is 0 Å². The average Bonchev–Trinajstić information content (AvgIpc) is 2.01. The molecule has 0 aliphatic heterocycles. The largest absolute Gasteiger partial charge is 2.00 e. The van der Waals surface area contributed by atoms with Crippen LogP contribution in [0.4, 0.5) is 0 Å². The van der Waals surface area contributed by atoms with Crippen LogP contribution < -0.4 is 0 Å². The van der Waals surface area contributed by atoms with Gasteiger partial charge in [-0.2, -0.15) is 12.8 Å². The Morgan fingerprint density at radius 1 is 1.15 bits per heavy atom. The van der Waals surface area contributed by atoms with E-state index < -0.39 is 9.04 Å². The SMILES string of the molecule is Br.[CH2-]CCC.[CH2-]CCO[SiH](C)C.[Mg+2]. The van der Waals surface area contributed by atoms with Crippen LogP contribution in [0.5, 0.6) is 0 Å². The summed E-state index contributed by atoms with van der Waals surface area (Å²) >= 11 is 0. The molecule has 0 aromatic carbocycles. The van der Waals surface area contributed by atoms with E-state index in [9.17, 15) is 0 Å². The van der Waals surface area contributed by atoms with Gasteiger partial charge in [-0.25, -0.2) is 0 Å². The molecule has 13 heavy (non-hydrogen) atoms. The van der Waals surface area contributed by atoms with Crippen LogP contribution in [-0.4, -0.2) is 38.7 Å². The van der Waals surface area contributed by atoms with E-state index in [0.29, 0.717) is 0 Å². The Morgan fingerprint density at radius 3 is 1.62 bits per heavy atom. The minimum absolute atomic E-state index is 0. The molecule has 0 spiro atoms. The molecule has 4 heteroatoms. The van der Waals surface area contributed by atoms with Crippen molar-refractivity contribution in [1.29, 1.82) is 0 Å². The molecule has 0 aliphatic carbocycles. The first-order chi connectivity index (χ1) is 5.18. The van der Waals surface area contributed by atoms with Gasteiger partial charge in [0.1, 0.15) is 0 Å². The third kappa shape index (κ3) is 42.5. The van der Waals surface area contributed by atoms with Crippen molar-refractivity contribution < 1.29 is 4.43 Å². The summed E-state index contributed by atoms with van der Waals surface area (Å²) in [7, 11) is -0.728. The Hall–Kier alpha value is 1.42. The molecule has 1 nitrogen and oxygen atoms in total. The molecule has 0 saturated heterocycles. The maximum absolute atomic E-state index is 5.27. The Bertz CT molecular complexity index is 63.6. The summed E-state index contributed by atoms with van der Waals surface area (Å²) in [6.07, 6.45) is 3.19. The second-order valence-electron chi connectivity index (χ2n) is 2.63. The smallest absolute Gasteiger partial charge is 0.423 e. The zero-order chi connectivity index (χ0) is 9.11. The summed E-state index contributed by atoms with van der Waals surface area (Å²) in [5.74, 6) is 0. The Morgan fingerprint density at radius 2 is 1.54 bits per heavy atom. The molecule has 0 N–H and O–H groups in total. The van der Waals surface area contributed by atoms with Crippen LogP contribution >= 0.6 is 17.0 Å². The van der Waals surface area contributed by atoms with Gasteiger partial charge < -0.3 is 18.3 Å². The van der Waals surface area contributed by atoms with Gasteiger partial charge in [0.15, 0.2) is 9.04 Å². The van der Waals surface area contributed by atoms with E-state index in [1.807, 2.05) is 0 Å². The van der Waals surface area contributed by atoms with E-state index in [4.69, 9.17) is 4.43 Å². The molecule has 0 aromatic rings. The molecule has 0 unspecified atom stereocenters. The Labute approximate surface area is 113 Å². The minimum atomic E-state index is -0.728. The van der Waals surface area contributed by atoms with Crippen molar-refractivity contribution in [1.82, 2.24) is 0 Å². The van der Waals surface area contributed by atoms with Crippen LogP contribution in [0, 0.1) is 13.8 Å². The molecular weight excluding hydrogens is 256 g/mol. The van der Waals surface area contributed by atoms with Crippen molar-refractivity contribution in [2.75, 3.05) is 6.61 Å². The summed E-state index contributed by atoms with van der Waals surface area (Å²) in [5, 5.41) is 0. The fourth-order valence-corrected chi connectivity index (χ4v) is 0.957. The van der Waals surface area contributed by atoms with Crippen LogP contribution in [0.15, 0.2) is 0 Å². The van der Waals surface area contributed by atoms with Crippen LogP contribution in [0.1, 0.15) is 26.2 Å². The Kier molecular flexibility index (Phi) is 42.9. The van der Waals surface area contributed by atoms with Crippen LogP contribution in [-0.2, 0) is 4.43 Å². The van der Waals surface area contributed by atoms with Gasteiger partial charge in [0.25, 0.3) is 0 Å². The molecule has 0 radical (unpaired) electrons. The molecule has 0 amide bonds. The Balaban J connectivity index is -0.0000000600. The van der Waals surface area contributed by atoms with Gasteiger partial charge in [0.05, 0.1) is 0 Å². The van der Waals surface area contributed by atoms with E-state index in [0.717, 1.165) is 19.4 Å². The monoisotopic (exact) mass is 278 g/mol. The first-order valence-corrected chi connectivity index (χ1v) is 7.17. The average molecular weight is 280 g/mol. The summed E-state index contributed by atoms with van der Waals surface area (Å²) < 4.78 is 5.27. The molecule has 0 aliphatic rings. The molecule has 0 atom stereocenters. The zero-order valence-electron chi connectivity index (χ0n) is 9.34. The number of halogens is 1. The summed E-state index contributed by atoms with van der Waals surface area (Å²) in [4.78, 5) is 0. The molecule has 0 aromatic heterocycles. The number of unbranched alkanes of at least 4 members (excludes halogenated alkanes) is 1. The fraction of sp³-hybridized carbons (Fsp3) is 0.778. The van der Waals surface area contributed by atoms with Gasteiger partial charge in [-0.15, -0.1) is 17.0 Å². The molecule has 0 heterocycles. The normalized spacial score (nSPS) is 7.85. The number of rotatable bonds is 4. The summed E-state index contributed by atoms with van der Waals surface area (Å²) in [5.41, 5.74) is 0. The van der Waals surface area contributed by atoms with Gasteiger partial charge in [-0.3, -0.25) is 0 Å². The predicted octanol–water partition coefficient (Wildman–Crippen LogP) is 3.03. The number of hydrogen-bond acceptors (Lipinski definition) is 1. The topological polar surface area (TPSA) is 9.23 Å². The molecular formula is C9H23BrMgOSi. The van der Waals surface area contributed by atoms with Gasteiger partial charge in [0, 0.05) is 6.61 Å². The first kappa shape index (κ1) is 23.9. The molecule has 0 fully saturated rings. The van der Waals surface area contributed by atoms with Crippen LogP contribution in [0.3, 0.4) is 0 Å². The van der Waals surface area contributed by atoms with Crippen molar-refractivity contribution in [3.63, 3.8) is 0 Å². The second kappa shape index (κ2) is 23.3. The second-order valence-corrected chi connectivity index (χ2v) is 5.06. The van der Waals surface area contributed by atoms with E-state index in [1.165, 1.54) is 6.42 Å². The van der Waals surface area contributed by atoms with Crippen molar-refractivity contribution in [2.45, 2.75) is 39.3 Å². The van der Waals surface area contributed by atoms with E-state index >= 15 is 0 Å². The van der Waals surface area contributed by atoms with E-state index in [-0.39, 0.29) is 40.0 Å². The first-order valence-electron chi connectivity index (χ1n) is 4.39. The zero-order valence-corrected chi connectivity index (χ0v) is 13.6. The van der Waals surface area contributed by atoms with Crippen molar-refractivity contribution in [3.05, 3.63) is 13.8 Å². The van der Waals surface area contributed by atoms with Crippen LogP contribution in [0.25, 0.3) is 0 Å². The molecule has 0 bridgehead atoms. The predicted molar refractivity (Wildman–Crippen MR) is 71.1 cm³/mol. The maximum atomic E-state index is 5.27. The van der Waals surface area contributed by atoms with Crippen LogP contribution in [0.2, 0.25) is 13.1 Å². The summed E-state index contributed by atoms with van der Waals surface area (Å²) in [6.45, 7) is 14.6. The molecule has 0 saturated carbocycles. The van der Waals surface area contributed by atoms with Gasteiger partial charge >= 0.3 is 23.1 Å². The quantitative estimate of drug-likeness (QED) is 0.568. The van der Waals surface area contributed by atoms with E-state index in [1.54, 1.807) is 0 Å². The van der Waals surface area contributed by atoms with Gasteiger partial charge in [0.2, 0.25) is 0 Å². The standard InChI is InChI=1S/C5H13OSi.C4H9.BrH.Mg/c1-4-5-6-7(2)3;1-3-4-2;;/h7H,1,4-5H2,2-3H3;1,3-4H2,2H3;1H;/q2*-1;;+2. The fourth-order valence-electron chi connectivity index (χ4n) is 0.319. The third-order valence-corrected chi connectivity index (χ3v) is 1.85. The minimum Gasteiger partial charge on any atom is -0.423 e. The third-order valence-electron chi connectivity index (χ3n) is 0.949. The van der Waals surface area contributed by atoms with E-state index in [2.05, 4.69) is 33.9 Å². The number of hydrogen-bond donors (Lipinski definition) is 0. The van der Waals surface area contributed by atoms with Crippen molar-refractivity contribution >= 4 is 49.1 Å². The summed E-state index contributed by atoms with van der Waals surface area (Å²) in [6, 6.07) is 0.